The summed E-state index contributed by atoms with van der Waals surface area (Å²) >= 11 is 1.61. The molecule has 8 heteroatoms. The Morgan fingerprint density at radius 2 is 1.78 bits per heavy atom. The first-order valence-corrected chi connectivity index (χ1v) is 10.2. The number of hydrogen-bond donors (Lipinski definition) is 3. The monoisotopic (exact) mass is 387 g/mol. The third kappa shape index (κ3) is 3.95. The Labute approximate surface area is 160 Å². The van der Waals surface area contributed by atoms with Crippen molar-refractivity contribution in [2.75, 3.05) is 5.75 Å². The lowest BCUT2D eigenvalue weighted by atomic mass is 9.91. The highest BCUT2D eigenvalue weighted by Gasteiger charge is 2.26. The molecule has 2 aromatic rings. The molecule has 0 unspecified atom stereocenters. The number of thioether (sulfide) groups is 1. The Morgan fingerprint density at radius 1 is 1.07 bits per heavy atom. The number of aromatic amines is 1. The lowest BCUT2D eigenvalue weighted by Crippen LogP contribution is -2.44. The number of nitrogens with one attached hydrogen (secondary N) is 3. The van der Waals surface area contributed by atoms with Gasteiger partial charge in [-0.2, -0.15) is 0 Å². The molecular weight excluding hydrogens is 366 g/mol. The van der Waals surface area contributed by atoms with Gasteiger partial charge < -0.3 is 15.1 Å². The van der Waals surface area contributed by atoms with E-state index in [0.29, 0.717) is 16.7 Å². The maximum absolute atomic E-state index is 12.6. The van der Waals surface area contributed by atoms with Crippen molar-refractivity contribution in [2.24, 2.45) is 0 Å². The minimum absolute atomic E-state index is 0.0283. The maximum atomic E-state index is 12.6. The van der Waals surface area contributed by atoms with Crippen LogP contribution in [-0.2, 0) is 4.79 Å². The lowest BCUT2D eigenvalue weighted by Gasteiger charge is -2.29. The Bertz CT molecular complexity index is 953. The molecule has 1 saturated carbocycles. The van der Waals surface area contributed by atoms with Gasteiger partial charge in [0.15, 0.2) is 5.58 Å². The van der Waals surface area contributed by atoms with Gasteiger partial charge in [-0.25, -0.2) is 4.79 Å². The van der Waals surface area contributed by atoms with Gasteiger partial charge in [-0.15, -0.1) is 11.8 Å². The molecule has 2 amide bonds. The van der Waals surface area contributed by atoms with Crippen molar-refractivity contribution in [3.05, 3.63) is 45.3 Å². The summed E-state index contributed by atoms with van der Waals surface area (Å²) in [4.78, 5) is 39.6. The van der Waals surface area contributed by atoms with Gasteiger partial charge in [-0.3, -0.25) is 14.6 Å². The van der Waals surface area contributed by atoms with Gasteiger partial charge in [-0.05, 0) is 44.2 Å². The number of oxazole rings is 1. The minimum atomic E-state index is -0.572. The normalized spacial score (nSPS) is 22.4. The number of carbonyl (C=O) groups excluding carboxylic acids is 2. The van der Waals surface area contributed by atoms with Crippen molar-refractivity contribution < 1.29 is 14.0 Å². The number of aromatic nitrogens is 1. The lowest BCUT2D eigenvalue weighted by molar-refractivity contribution is -0.117. The van der Waals surface area contributed by atoms with Gasteiger partial charge in [0.25, 0.3) is 11.8 Å². The van der Waals surface area contributed by atoms with Crippen LogP contribution in [0.15, 0.2) is 38.4 Å². The highest BCUT2D eigenvalue weighted by Crippen LogP contribution is 2.26. The van der Waals surface area contributed by atoms with Crippen molar-refractivity contribution in [1.29, 1.82) is 0 Å². The molecule has 3 N–H and O–H groups in total. The smallest absolute Gasteiger partial charge is 0.408 e. The fourth-order valence-corrected chi connectivity index (χ4v) is 4.52. The van der Waals surface area contributed by atoms with Crippen LogP contribution < -0.4 is 16.4 Å². The predicted octanol–water partition coefficient (Wildman–Crippen LogP) is 2.30. The van der Waals surface area contributed by atoms with E-state index in [9.17, 15) is 14.4 Å². The zero-order chi connectivity index (χ0) is 18.8. The summed E-state index contributed by atoms with van der Waals surface area (Å²) in [7, 11) is 0. The van der Waals surface area contributed by atoms with Crippen molar-refractivity contribution in [3.63, 3.8) is 0 Å². The van der Waals surface area contributed by atoms with Gasteiger partial charge in [0.05, 0.1) is 16.0 Å². The van der Waals surface area contributed by atoms with Crippen molar-refractivity contribution in [1.82, 2.24) is 15.6 Å². The van der Waals surface area contributed by atoms with Gasteiger partial charge >= 0.3 is 5.76 Å². The molecule has 2 aliphatic rings. The third-order valence-electron chi connectivity index (χ3n) is 5.03. The summed E-state index contributed by atoms with van der Waals surface area (Å²) in [5, 5.41) is 6.14. The minimum Gasteiger partial charge on any atom is -0.408 e. The number of carbonyl (C=O) groups is 2. The molecule has 1 aliphatic heterocycles. The van der Waals surface area contributed by atoms with E-state index in [4.69, 9.17) is 4.42 Å². The number of benzene rings is 1. The van der Waals surface area contributed by atoms with E-state index in [1.807, 2.05) is 6.08 Å². The molecule has 2 heterocycles. The van der Waals surface area contributed by atoms with Crippen LogP contribution in [0.2, 0.25) is 0 Å². The second kappa shape index (κ2) is 7.64. The molecule has 27 heavy (non-hydrogen) atoms. The average molecular weight is 387 g/mol. The molecule has 1 fully saturated rings. The van der Waals surface area contributed by atoms with E-state index in [0.717, 1.165) is 42.8 Å². The number of hydrogen-bond acceptors (Lipinski definition) is 5. The molecule has 0 spiro atoms. The Balaban J connectivity index is 1.33. The molecule has 1 aromatic carbocycles. The summed E-state index contributed by atoms with van der Waals surface area (Å²) in [5.74, 6) is 0.214. The van der Waals surface area contributed by atoms with Crippen molar-refractivity contribution >= 4 is 34.7 Å². The highest BCUT2D eigenvalue weighted by molar-refractivity contribution is 8.04. The van der Waals surface area contributed by atoms with Crippen LogP contribution in [0, 0.1) is 0 Å². The second-order valence-corrected chi connectivity index (χ2v) is 8.03. The van der Waals surface area contributed by atoms with E-state index >= 15 is 0 Å². The highest BCUT2D eigenvalue weighted by atomic mass is 32.2. The summed E-state index contributed by atoms with van der Waals surface area (Å²) < 4.78 is 5.00. The number of para-hydroxylation sites is 1. The first-order chi connectivity index (χ1) is 13.1. The molecule has 0 bridgehead atoms. The first-order valence-electron chi connectivity index (χ1n) is 9.16. The summed E-state index contributed by atoms with van der Waals surface area (Å²) in [6.45, 7) is 0. The molecule has 142 valence electrons. The molecule has 0 saturated heterocycles. The number of amides is 2. The van der Waals surface area contributed by atoms with Gasteiger partial charge in [0, 0.05) is 17.8 Å². The average Bonchev–Trinajstić information content (AvgIpc) is 3.31. The summed E-state index contributed by atoms with van der Waals surface area (Å²) in [5.41, 5.74) is 1.19. The number of fused-ring (bicyclic) bond motifs is 1. The maximum Gasteiger partial charge on any atom is 0.417 e. The largest absolute Gasteiger partial charge is 0.417 e. The molecule has 1 aromatic heterocycles. The van der Waals surface area contributed by atoms with Crippen LogP contribution in [0.4, 0.5) is 0 Å². The van der Waals surface area contributed by atoms with Crippen LogP contribution >= 0.6 is 11.8 Å². The Kier molecular flexibility index (Phi) is 5.07. The zero-order valence-electron chi connectivity index (χ0n) is 14.7. The molecule has 4 rings (SSSR count). The van der Waals surface area contributed by atoms with Crippen LogP contribution in [0.25, 0.3) is 11.1 Å². The van der Waals surface area contributed by atoms with E-state index in [-0.39, 0.29) is 23.9 Å². The topological polar surface area (TPSA) is 104 Å². The van der Waals surface area contributed by atoms with Crippen LogP contribution in [0.5, 0.6) is 0 Å². The van der Waals surface area contributed by atoms with Crippen LogP contribution in [0.3, 0.4) is 0 Å². The van der Waals surface area contributed by atoms with Gasteiger partial charge in [0.2, 0.25) is 0 Å². The van der Waals surface area contributed by atoms with E-state index in [1.165, 1.54) is 0 Å². The van der Waals surface area contributed by atoms with E-state index < -0.39 is 5.76 Å². The number of H-pyrrole nitrogens is 1. The fourth-order valence-electron chi connectivity index (χ4n) is 3.64. The third-order valence-corrected chi connectivity index (χ3v) is 6.13. The van der Waals surface area contributed by atoms with E-state index in [2.05, 4.69) is 15.6 Å². The summed E-state index contributed by atoms with van der Waals surface area (Å²) in [6, 6.07) is 5.22. The molecule has 1 aliphatic carbocycles. The molecule has 0 atom stereocenters. The SMILES string of the molecule is O=C(NC1CCC(NC(=O)c2cccc3oc(=O)[nH]c23)CC1)C1=CCCS1. The molecular formula is C19H21N3O4S. The summed E-state index contributed by atoms with van der Waals surface area (Å²) in [6.07, 6.45) is 6.23. The van der Waals surface area contributed by atoms with Crippen LogP contribution in [-0.4, -0.2) is 34.6 Å². The number of rotatable bonds is 4. The predicted molar refractivity (Wildman–Crippen MR) is 104 cm³/mol. The zero-order valence-corrected chi connectivity index (χ0v) is 15.6. The second-order valence-electron chi connectivity index (χ2n) is 6.89. The Morgan fingerprint density at radius 3 is 2.44 bits per heavy atom. The number of allylic oxidation sites excluding steroid dienone is 1. The Hall–Kier alpha value is -2.48. The van der Waals surface area contributed by atoms with Crippen LogP contribution in [0.1, 0.15) is 42.5 Å². The van der Waals surface area contributed by atoms with E-state index in [1.54, 1.807) is 30.0 Å². The first kappa shape index (κ1) is 17.9. The fraction of sp³-hybridized carbons (Fsp3) is 0.421. The van der Waals surface area contributed by atoms with Crippen molar-refractivity contribution in [3.8, 4) is 0 Å². The van der Waals surface area contributed by atoms with Gasteiger partial charge in [0.1, 0.15) is 0 Å². The van der Waals surface area contributed by atoms with Crippen molar-refractivity contribution in [2.45, 2.75) is 44.2 Å². The molecule has 0 radical (unpaired) electrons. The molecule has 7 nitrogen and oxygen atoms in total. The quantitative estimate of drug-likeness (QED) is 0.747. The van der Waals surface area contributed by atoms with Gasteiger partial charge in [-0.1, -0.05) is 12.1 Å². The standard InChI is InChI=1S/C19H21N3O4S/c23-17(13-3-1-4-14-16(13)22-19(25)26-14)20-11-6-8-12(9-7-11)21-18(24)15-5-2-10-27-15/h1,3-5,11-12H,2,6-10H2,(H,20,23)(H,21,24)(H,22,25).